The van der Waals surface area contributed by atoms with Crippen LogP contribution in [0.4, 0.5) is 11.4 Å². The van der Waals surface area contributed by atoms with Crippen molar-refractivity contribution in [2.24, 2.45) is 0 Å². The third kappa shape index (κ3) is 3.28. The second-order valence-electron chi connectivity index (χ2n) is 4.02. The number of non-ortho nitro benzene ring substituents is 1. The summed E-state index contributed by atoms with van der Waals surface area (Å²) in [5, 5.41) is 30.7. The molecule has 0 radical (unpaired) electrons. The SMILES string of the molecule is CN(C)C=Cc1c(C(=O)O)cc([N+](=O)[O-])cc1[N+](=O)[O-]. The van der Waals surface area contributed by atoms with Crippen molar-refractivity contribution in [3.8, 4) is 0 Å². The Balaban J connectivity index is 3.63. The molecule has 0 aliphatic rings. The highest BCUT2D eigenvalue weighted by atomic mass is 16.6. The highest BCUT2D eigenvalue weighted by Gasteiger charge is 2.25. The molecule has 0 saturated carbocycles. The van der Waals surface area contributed by atoms with Crippen molar-refractivity contribution in [3.05, 3.63) is 49.7 Å². The summed E-state index contributed by atoms with van der Waals surface area (Å²) in [6.07, 6.45) is 2.64. The zero-order valence-corrected chi connectivity index (χ0v) is 10.6. The lowest BCUT2D eigenvalue weighted by atomic mass is 10.0. The molecule has 106 valence electrons. The molecule has 9 heteroatoms. The first-order valence-corrected chi connectivity index (χ1v) is 5.28. The first-order chi connectivity index (χ1) is 9.23. The second-order valence-corrected chi connectivity index (χ2v) is 4.02. The molecule has 1 aromatic rings. The van der Waals surface area contributed by atoms with E-state index in [0.29, 0.717) is 0 Å². The van der Waals surface area contributed by atoms with Crippen molar-refractivity contribution in [1.82, 2.24) is 4.90 Å². The molecule has 0 unspecified atom stereocenters. The largest absolute Gasteiger partial charge is 0.478 e. The van der Waals surface area contributed by atoms with Crippen molar-refractivity contribution in [3.63, 3.8) is 0 Å². The van der Waals surface area contributed by atoms with Crippen LogP contribution in [0.5, 0.6) is 0 Å². The fourth-order valence-electron chi connectivity index (χ4n) is 1.46. The quantitative estimate of drug-likeness (QED) is 0.643. The van der Waals surface area contributed by atoms with Crippen LogP contribution in [0, 0.1) is 20.2 Å². The fraction of sp³-hybridized carbons (Fsp3) is 0.182. The van der Waals surface area contributed by atoms with Crippen LogP contribution >= 0.6 is 0 Å². The number of nitrogens with zero attached hydrogens (tertiary/aromatic N) is 3. The third-order valence-corrected chi connectivity index (χ3v) is 2.32. The van der Waals surface area contributed by atoms with Crippen LogP contribution in [0.1, 0.15) is 15.9 Å². The molecule has 0 heterocycles. The van der Waals surface area contributed by atoms with E-state index in [4.69, 9.17) is 5.11 Å². The van der Waals surface area contributed by atoms with E-state index in [9.17, 15) is 25.0 Å². The van der Waals surface area contributed by atoms with Crippen LogP contribution in [-0.4, -0.2) is 39.9 Å². The minimum atomic E-state index is -1.48. The Morgan fingerprint density at radius 2 is 1.85 bits per heavy atom. The highest BCUT2D eigenvalue weighted by Crippen LogP contribution is 2.30. The van der Waals surface area contributed by atoms with E-state index in [0.717, 1.165) is 12.1 Å². The predicted molar refractivity (Wildman–Crippen MR) is 69.4 cm³/mol. The number of nitro benzene ring substituents is 2. The van der Waals surface area contributed by atoms with E-state index in [-0.39, 0.29) is 5.56 Å². The number of nitro groups is 2. The van der Waals surface area contributed by atoms with E-state index in [1.165, 1.54) is 12.3 Å². The van der Waals surface area contributed by atoms with Gasteiger partial charge >= 0.3 is 5.97 Å². The Kier molecular flexibility index (Phi) is 4.36. The Hall–Kier alpha value is -2.97. The first-order valence-electron chi connectivity index (χ1n) is 5.28. The van der Waals surface area contributed by atoms with Gasteiger partial charge in [0, 0.05) is 20.2 Å². The molecule has 0 atom stereocenters. The number of benzene rings is 1. The van der Waals surface area contributed by atoms with Crippen LogP contribution in [-0.2, 0) is 0 Å². The standard InChI is InChI=1S/C11H11N3O6/c1-12(2)4-3-8-9(11(15)16)5-7(13(17)18)6-10(8)14(19)20/h3-6H,1-2H3,(H,15,16). The van der Waals surface area contributed by atoms with Crippen molar-refractivity contribution < 1.29 is 19.7 Å². The summed E-state index contributed by atoms with van der Waals surface area (Å²) in [5.74, 6) is -1.48. The van der Waals surface area contributed by atoms with Gasteiger partial charge < -0.3 is 10.0 Å². The Bertz CT molecular complexity index is 573. The summed E-state index contributed by atoms with van der Waals surface area (Å²) < 4.78 is 0. The molecular formula is C11H11N3O6. The zero-order valence-electron chi connectivity index (χ0n) is 10.6. The first kappa shape index (κ1) is 15.1. The van der Waals surface area contributed by atoms with Gasteiger partial charge in [-0.05, 0) is 12.3 Å². The molecule has 0 saturated heterocycles. The van der Waals surface area contributed by atoms with E-state index >= 15 is 0 Å². The van der Waals surface area contributed by atoms with Crippen molar-refractivity contribution >= 4 is 23.4 Å². The van der Waals surface area contributed by atoms with Gasteiger partial charge in [0.25, 0.3) is 11.4 Å². The van der Waals surface area contributed by atoms with Crippen LogP contribution in [0.3, 0.4) is 0 Å². The van der Waals surface area contributed by atoms with E-state index in [1.54, 1.807) is 19.0 Å². The van der Waals surface area contributed by atoms with Gasteiger partial charge in [-0.1, -0.05) is 0 Å². The smallest absolute Gasteiger partial charge is 0.336 e. The summed E-state index contributed by atoms with van der Waals surface area (Å²) in [5.41, 5.74) is -1.96. The zero-order chi connectivity index (χ0) is 15.4. The minimum Gasteiger partial charge on any atom is -0.478 e. The summed E-state index contributed by atoms with van der Waals surface area (Å²) in [4.78, 5) is 32.6. The van der Waals surface area contributed by atoms with Gasteiger partial charge in [-0.15, -0.1) is 0 Å². The Morgan fingerprint density at radius 1 is 1.25 bits per heavy atom. The number of carbonyl (C=O) groups is 1. The summed E-state index contributed by atoms with van der Waals surface area (Å²) in [6.45, 7) is 0. The molecule has 0 aliphatic heterocycles. The lowest BCUT2D eigenvalue weighted by molar-refractivity contribution is -0.394. The number of carboxylic acid groups (broad SMARTS) is 1. The number of rotatable bonds is 5. The van der Waals surface area contributed by atoms with Crippen LogP contribution < -0.4 is 0 Å². The predicted octanol–water partition coefficient (Wildman–Crippen LogP) is 1.73. The van der Waals surface area contributed by atoms with Crippen LogP contribution in [0.2, 0.25) is 0 Å². The van der Waals surface area contributed by atoms with E-state index in [2.05, 4.69) is 0 Å². The summed E-state index contributed by atoms with van der Waals surface area (Å²) in [7, 11) is 3.29. The molecule has 0 aliphatic carbocycles. The number of carboxylic acids is 1. The Labute approximate surface area is 113 Å². The highest BCUT2D eigenvalue weighted by molar-refractivity contribution is 5.95. The molecule has 0 fully saturated rings. The molecule has 0 bridgehead atoms. The molecule has 9 nitrogen and oxygen atoms in total. The lowest BCUT2D eigenvalue weighted by Crippen LogP contribution is -2.06. The molecule has 20 heavy (non-hydrogen) atoms. The molecule has 1 rings (SSSR count). The molecule has 1 aromatic carbocycles. The molecule has 0 aromatic heterocycles. The maximum Gasteiger partial charge on any atom is 0.336 e. The lowest BCUT2D eigenvalue weighted by Gasteiger charge is -2.06. The summed E-state index contributed by atoms with van der Waals surface area (Å²) >= 11 is 0. The van der Waals surface area contributed by atoms with E-state index in [1.807, 2.05) is 0 Å². The molecular weight excluding hydrogens is 270 g/mol. The molecule has 1 N–H and O–H groups in total. The van der Waals surface area contributed by atoms with Crippen molar-refractivity contribution in [2.45, 2.75) is 0 Å². The number of hydrogen-bond donors (Lipinski definition) is 1. The average Bonchev–Trinajstić information content (AvgIpc) is 2.34. The van der Waals surface area contributed by atoms with Gasteiger partial charge in [-0.3, -0.25) is 20.2 Å². The number of hydrogen-bond acceptors (Lipinski definition) is 6. The van der Waals surface area contributed by atoms with Gasteiger partial charge in [0.1, 0.15) is 0 Å². The maximum atomic E-state index is 11.1. The maximum absolute atomic E-state index is 11.1. The van der Waals surface area contributed by atoms with Gasteiger partial charge in [-0.2, -0.15) is 0 Å². The van der Waals surface area contributed by atoms with Crippen molar-refractivity contribution in [1.29, 1.82) is 0 Å². The van der Waals surface area contributed by atoms with Gasteiger partial charge in [0.15, 0.2) is 0 Å². The Morgan fingerprint density at radius 3 is 2.25 bits per heavy atom. The average molecular weight is 281 g/mol. The van der Waals surface area contributed by atoms with Gasteiger partial charge in [0.2, 0.25) is 0 Å². The van der Waals surface area contributed by atoms with Crippen LogP contribution in [0.15, 0.2) is 18.3 Å². The monoisotopic (exact) mass is 281 g/mol. The van der Waals surface area contributed by atoms with Gasteiger partial charge in [-0.25, -0.2) is 4.79 Å². The fourth-order valence-corrected chi connectivity index (χ4v) is 1.46. The van der Waals surface area contributed by atoms with Crippen LogP contribution in [0.25, 0.3) is 6.08 Å². The van der Waals surface area contributed by atoms with Crippen molar-refractivity contribution in [2.75, 3.05) is 14.1 Å². The molecule has 0 amide bonds. The van der Waals surface area contributed by atoms with E-state index < -0.39 is 32.8 Å². The normalized spacial score (nSPS) is 10.5. The minimum absolute atomic E-state index is 0.193. The topological polar surface area (TPSA) is 127 Å². The van der Waals surface area contributed by atoms with Gasteiger partial charge in [0.05, 0.1) is 27.0 Å². The third-order valence-electron chi connectivity index (χ3n) is 2.32. The number of aromatic carboxylic acids is 1. The summed E-state index contributed by atoms with van der Waals surface area (Å²) in [6, 6.07) is 1.53. The second kappa shape index (κ2) is 5.78. The molecule has 0 spiro atoms.